The van der Waals surface area contributed by atoms with Gasteiger partial charge in [-0.25, -0.2) is 0 Å². The number of primary amides is 1. The summed E-state index contributed by atoms with van der Waals surface area (Å²) >= 11 is 1.64. The summed E-state index contributed by atoms with van der Waals surface area (Å²) in [4.78, 5) is 47.1. The van der Waals surface area contributed by atoms with Crippen molar-refractivity contribution in [1.29, 1.82) is 0 Å². The molecule has 0 fully saturated rings. The first-order chi connectivity index (χ1) is 14.8. The van der Waals surface area contributed by atoms with Gasteiger partial charge in [-0.3, -0.25) is 19.2 Å². The summed E-state index contributed by atoms with van der Waals surface area (Å²) in [6.45, 7) is 1.77. The highest BCUT2D eigenvalue weighted by atomic mass is 32.1. The number of Topliss-reactive ketones (excluding diaryl/α,β-unsaturated/α-hetero) is 1. The van der Waals surface area contributed by atoms with E-state index in [1.54, 1.807) is 18.3 Å². The Morgan fingerprint density at radius 3 is 2.32 bits per heavy atom. The zero-order valence-corrected chi connectivity index (χ0v) is 18.3. The smallest absolute Gasteiger partial charge is 0.303 e. The molecular formula is C23H28N2O5S. The van der Waals surface area contributed by atoms with Crippen molar-refractivity contribution in [1.82, 2.24) is 5.32 Å². The predicted octanol–water partition coefficient (Wildman–Crippen LogP) is 3.17. The number of carboxylic acids is 1. The Balaban J connectivity index is 1.85. The first-order valence-electron chi connectivity index (χ1n) is 10.2. The van der Waals surface area contributed by atoms with Gasteiger partial charge in [0.15, 0.2) is 5.78 Å². The van der Waals surface area contributed by atoms with E-state index in [2.05, 4.69) is 16.8 Å². The number of carbonyl (C=O) groups is 4. The maximum atomic E-state index is 12.5. The number of nitrogens with one attached hydrogen (secondary N) is 1. The van der Waals surface area contributed by atoms with Crippen molar-refractivity contribution in [2.45, 2.75) is 51.5 Å². The second-order valence-corrected chi connectivity index (χ2v) is 8.22. The molecule has 0 unspecified atom stereocenters. The third-order valence-electron chi connectivity index (χ3n) is 5.14. The number of aryl methyl sites for hydroxylation is 1. The standard InChI is InChI=1S/C23H28N2O5S/c1-2-19(20(26)13-17(23(24)30)8-10-22(28)29)25-21(27)9-5-15-3-6-16(7-4-15)18-11-12-31-14-18/h3-4,6-7,11-12,14,17,19H,2,5,8-10,13H2,1H3,(H2,24,30)(H,25,27)(H,28,29)/t17-,19+/m1/s1. The van der Waals surface area contributed by atoms with Gasteiger partial charge >= 0.3 is 5.97 Å². The van der Waals surface area contributed by atoms with Crippen LogP contribution in [0.25, 0.3) is 11.1 Å². The molecule has 8 heteroatoms. The van der Waals surface area contributed by atoms with Crippen LogP contribution in [0.15, 0.2) is 41.1 Å². The van der Waals surface area contributed by atoms with Gasteiger partial charge in [-0.1, -0.05) is 31.2 Å². The summed E-state index contributed by atoms with van der Waals surface area (Å²) in [5.74, 6) is -3.17. The van der Waals surface area contributed by atoms with Crippen molar-refractivity contribution in [2.24, 2.45) is 11.7 Å². The van der Waals surface area contributed by atoms with Gasteiger partial charge in [0.2, 0.25) is 11.8 Å². The van der Waals surface area contributed by atoms with E-state index >= 15 is 0 Å². The fourth-order valence-electron chi connectivity index (χ4n) is 3.25. The molecule has 2 atom stereocenters. The van der Waals surface area contributed by atoms with Gasteiger partial charge in [0, 0.05) is 25.2 Å². The number of carbonyl (C=O) groups excluding carboxylic acids is 3. The average molecular weight is 445 g/mol. The molecule has 2 rings (SSSR count). The molecule has 0 aliphatic heterocycles. The van der Waals surface area contributed by atoms with Crippen LogP contribution in [0.2, 0.25) is 0 Å². The molecule has 0 aliphatic rings. The molecule has 1 aromatic heterocycles. The van der Waals surface area contributed by atoms with E-state index in [0.29, 0.717) is 12.8 Å². The molecule has 1 aromatic carbocycles. The maximum absolute atomic E-state index is 12.5. The molecule has 2 aromatic rings. The van der Waals surface area contributed by atoms with Crippen LogP contribution >= 0.6 is 11.3 Å². The molecule has 4 N–H and O–H groups in total. The largest absolute Gasteiger partial charge is 0.481 e. The number of benzene rings is 1. The number of hydrogen-bond acceptors (Lipinski definition) is 5. The van der Waals surface area contributed by atoms with Crippen LogP contribution in [0, 0.1) is 5.92 Å². The van der Waals surface area contributed by atoms with E-state index in [0.717, 1.165) is 16.7 Å². The lowest BCUT2D eigenvalue weighted by molar-refractivity contribution is -0.138. The van der Waals surface area contributed by atoms with Crippen molar-refractivity contribution in [3.8, 4) is 11.1 Å². The molecule has 7 nitrogen and oxygen atoms in total. The summed E-state index contributed by atoms with van der Waals surface area (Å²) < 4.78 is 0. The third-order valence-corrected chi connectivity index (χ3v) is 5.82. The van der Waals surface area contributed by atoms with Gasteiger partial charge in [-0.05, 0) is 52.8 Å². The highest BCUT2D eigenvalue weighted by Crippen LogP contribution is 2.22. The van der Waals surface area contributed by atoms with E-state index in [1.807, 2.05) is 29.6 Å². The van der Waals surface area contributed by atoms with Gasteiger partial charge in [-0.2, -0.15) is 11.3 Å². The van der Waals surface area contributed by atoms with E-state index < -0.39 is 23.8 Å². The summed E-state index contributed by atoms with van der Waals surface area (Å²) in [7, 11) is 0. The molecule has 0 spiro atoms. The zero-order chi connectivity index (χ0) is 22.8. The second-order valence-electron chi connectivity index (χ2n) is 7.44. The SMILES string of the molecule is CC[C@H](NC(=O)CCc1ccc(-c2ccsc2)cc1)C(=O)C[C@@H](CCC(=O)O)C(N)=O. The number of carboxylic acid groups (broad SMARTS) is 1. The van der Waals surface area contributed by atoms with Gasteiger partial charge in [-0.15, -0.1) is 0 Å². The summed E-state index contributed by atoms with van der Waals surface area (Å²) in [6.07, 6.45) is 0.746. The normalized spacial score (nSPS) is 12.7. The molecule has 0 saturated heterocycles. The summed E-state index contributed by atoms with van der Waals surface area (Å²) in [5.41, 5.74) is 8.61. The lowest BCUT2D eigenvalue weighted by atomic mass is 9.92. The number of rotatable bonds is 13. The quantitative estimate of drug-likeness (QED) is 0.437. The van der Waals surface area contributed by atoms with Crippen LogP contribution in [-0.2, 0) is 25.6 Å². The number of ketones is 1. The minimum atomic E-state index is -1.05. The lowest BCUT2D eigenvalue weighted by Gasteiger charge is -2.19. The molecular weight excluding hydrogens is 416 g/mol. The highest BCUT2D eigenvalue weighted by molar-refractivity contribution is 7.08. The van der Waals surface area contributed by atoms with Crippen molar-refractivity contribution >= 4 is 34.9 Å². The Labute approximate surface area is 185 Å². The Bertz CT molecular complexity index is 893. The Morgan fingerprint density at radius 2 is 1.77 bits per heavy atom. The number of thiophene rings is 1. The minimum Gasteiger partial charge on any atom is -0.481 e. The van der Waals surface area contributed by atoms with Crippen LogP contribution in [0.4, 0.5) is 0 Å². The Morgan fingerprint density at radius 1 is 1.06 bits per heavy atom. The molecule has 31 heavy (non-hydrogen) atoms. The van der Waals surface area contributed by atoms with E-state index in [1.165, 1.54) is 0 Å². The number of amides is 2. The van der Waals surface area contributed by atoms with Crippen molar-refractivity contribution < 1.29 is 24.3 Å². The van der Waals surface area contributed by atoms with Gasteiger partial charge in [0.1, 0.15) is 0 Å². The fourth-order valence-corrected chi connectivity index (χ4v) is 3.92. The number of nitrogens with two attached hydrogens (primary N) is 1. The van der Waals surface area contributed by atoms with Crippen LogP contribution < -0.4 is 11.1 Å². The topological polar surface area (TPSA) is 127 Å². The Hall–Kier alpha value is -3.00. The molecule has 0 radical (unpaired) electrons. The van der Waals surface area contributed by atoms with E-state index in [4.69, 9.17) is 10.8 Å². The van der Waals surface area contributed by atoms with Gasteiger partial charge in [0.05, 0.1) is 6.04 Å². The molecule has 0 aliphatic carbocycles. The third kappa shape index (κ3) is 7.97. The summed E-state index contributed by atoms with van der Waals surface area (Å²) in [6, 6.07) is 9.36. The minimum absolute atomic E-state index is 0.00215. The van der Waals surface area contributed by atoms with Gasteiger partial charge < -0.3 is 16.2 Å². The van der Waals surface area contributed by atoms with Crippen molar-refractivity contribution in [3.63, 3.8) is 0 Å². The first-order valence-corrected chi connectivity index (χ1v) is 11.2. The van der Waals surface area contributed by atoms with E-state index in [9.17, 15) is 19.2 Å². The maximum Gasteiger partial charge on any atom is 0.303 e. The predicted molar refractivity (Wildman–Crippen MR) is 119 cm³/mol. The molecule has 166 valence electrons. The van der Waals surface area contributed by atoms with Crippen molar-refractivity contribution in [3.05, 3.63) is 46.7 Å². The molecule has 2 amide bonds. The number of hydrogen-bond donors (Lipinski definition) is 3. The lowest BCUT2D eigenvalue weighted by Crippen LogP contribution is -2.42. The molecule has 0 bridgehead atoms. The fraction of sp³-hybridized carbons (Fsp3) is 0.391. The Kier molecular flexibility index (Phi) is 9.40. The average Bonchev–Trinajstić information content (AvgIpc) is 3.28. The van der Waals surface area contributed by atoms with Gasteiger partial charge in [0.25, 0.3) is 0 Å². The van der Waals surface area contributed by atoms with Crippen LogP contribution in [0.3, 0.4) is 0 Å². The first kappa shape index (κ1) is 24.3. The van der Waals surface area contributed by atoms with Crippen molar-refractivity contribution in [2.75, 3.05) is 0 Å². The highest BCUT2D eigenvalue weighted by Gasteiger charge is 2.25. The monoisotopic (exact) mass is 444 g/mol. The van der Waals surface area contributed by atoms with Crippen LogP contribution in [0.5, 0.6) is 0 Å². The zero-order valence-electron chi connectivity index (χ0n) is 17.5. The van der Waals surface area contributed by atoms with Crippen LogP contribution in [-0.4, -0.2) is 34.7 Å². The molecule has 0 saturated carbocycles. The molecule has 1 heterocycles. The second kappa shape index (κ2) is 12.0. The van der Waals surface area contributed by atoms with Crippen LogP contribution in [0.1, 0.15) is 44.6 Å². The van der Waals surface area contributed by atoms with E-state index in [-0.39, 0.29) is 37.4 Å². The summed E-state index contributed by atoms with van der Waals surface area (Å²) in [5, 5.41) is 15.6. The number of aliphatic carboxylic acids is 1.